The highest BCUT2D eigenvalue weighted by atomic mass is 35.5. The van der Waals surface area contributed by atoms with E-state index in [2.05, 4.69) is 10.6 Å². The van der Waals surface area contributed by atoms with E-state index in [9.17, 15) is 4.39 Å². The maximum Gasteiger partial charge on any atom is 0.143 e. The molecule has 4 heteroatoms. The first-order chi connectivity index (χ1) is 9.24. The molecule has 1 aromatic carbocycles. The number of anilines is 1. The van der Waals surface area contributed by atoms with Crippen molar-refractivity contribution in [2.75, 3.05) is 11.9 Å². The molecule has 1 aromatic rings. The first-order valence-corrected chi connectivity index (χ1v) is 7.57. The van der Waals surface area contributed by atoms with E-state index in [-0.39, 0.29) is 10.8 Å². The van der Waals surface area contributed by atoms with Crippen molar-refractivity contribution >= 4 is 17.3 Å². The molecule has 1 saturated heterocycles. The number of hydrogen-bond acceptors (Lipinski definition) is 2. The van der Waals surface area contributed by atoms with Crippen molar-refractivity contribution in [3.8, 4) is 0 Å². The van der Waals surface area contributed by atoms with Crippen molar-refractivity contribution in [1.29, 1.82) is 0 Å². The first kappa shape index (κ1) is 13.2. The average molecular weight is 283 g/mol. The molecule has 1 aliphatic heterocycles. The van der Waals surface area contributed by atoms with Crippen LogP contribution in [0.5, 0.6) is 0 Å². The molecule has 2 N–H and O–H groups in total. The van der Waals surface area contributed by atoms with E-state index in [1.54, 1.807) is 6.07 Å². The highest BCUT2D eigenvalue weighted by Gasteiger charge is 2.34. The van der Waals surface area contributed by atoms with Crippen LogP contribution in [0.15, 0.2) is 18.2 Å². The van der Waals surface area contributed by atoms with Crippen molar-refractivity contribution in [2.45, 2.75) is 44.2 Å². The lowest BCUT2D eigenvalue weighted by atomic mass is 9.93. The van der Waals surface area contributed by atoms with Crippen molar-refractivity contribution in [1.82, 2.24) is 5.32 Å². The fourth-order valence-electron chi connectivity index (χ4n) is 3.53. The minimum Gasteiger partial charge on any atom is -0.382 e. The molecule has 0 bridgehead atoms. The summed E-state index contributed by atoms with van der Waals surface area (Å²) < 4.78 is 13.5. The molecule has 19 heavy (non-hydrogen) atoms. The lowest BCUT2D eigenvalue weighted by Crippen LogP contribution is -2.38. The van der Waals surface area contributed by atoms with Crippen LogP contribution < -0.4 is 10.6 Å². The van der Waals surface area contributed by atoms with Crippen LogP contribution in [0.4, 0.5) is 10.1 Å². The van der Waals surface area contributed by atoms with Crippen LogP contribution in [0, 0.1) is 11.7 Å². The van der Waals surface area contributed by atoms with E-state index in [0.717, 1.165) is 12.2 Å². The Balaban J connectivity index is 1.69. The van der Waals surface area contributed by atoms with Crippen LogP contribution >= 0.6 is 11.6 Å². The van der Waals surface area contributed by atoms with Gasteiger partial charge in [-0.15, -0.1) is 0 Å². The number of nitrogens with one attached hydrogen (secondary N) is 2. The largest absolute Gasteiger partial charge is 0.382 e. The molecular weight excluding hydrogens is 263 g/mol. The van der Waals surface area contributed by atoms with Crippen molar-refractivity contribution in [3.63, 3.8) is 0 Å². The van der Waals surface area contributed by atoms with Crippen molar-refractivity contribution in [3.05, 3.63) is 29.0 Å². The van der Waals surface area contributed by atoms with E-state index in [1.807, 2.05) is 6.07 Å². The van der Waals surface area contributed by atoms with Gasteiger partial charge < -0.3 is 10.6 Å². The number of hydrogen-bond donors (Lipinski definition) is 2. The second kappa shape index (κ2) is 5.68. The molecule has 1 saturated carbocycles. The summed E-state index contributed by atoms with van der Waals surface area (Å²) in [5.74, 6) is 0.321. The summed E-state index contributed by atoms with van der Waals surface area (Å²) in [5, 5.41) is 7.28. The minimum atomic E-state index is -0.347. The highest BCUT2D eigenvalue weighted by Crippen LogP contribution is 2.34. The third-order valence-electron chi connectivity index (χ3n) is 4.46. The highest BCUT2D eigenvalue weighted by molar-refractivity contribution is 6.30. The Morgan fingerprint density at radius 2 is 2.11 bits per heavy atom. The van der Waals surface area contributed by atoms with E-state index >= 15 is 0 Å². The molecule has 3 rings (SSSR count). The lowest BCUT2D eigenvalue weighted by molar-refractivity contribution is 0.376. The Bertz CT molecular complexity index is 446. The molecule has 0 radical (unpaired) electrons. The van der Waals surface area contributed by atoms with Gasteiger partial charge in [-0.05, 0) is 56.3 Å². The van der Waals surface area contributed by atoms with Gasteiger partial charge >= 0.3 is 0 Å². The van der Waals surface area contributed by atoms with E-state index in [0.29, 0.717) is 18.0 Å². The maximum atomic E-state index is 13.5. The SMILES string of the molecule is Fc1cc(NC2CCCC2C2CCCN2)ccc1Cl. The van der Waals surface area contributed by atoms with Gasteiger partial charge in [-0.2, -0.15) is 0 Å². The standard InChI is InChI=1S/C15H20ClFN2/c16-12-7-6-10(9-13(12)17)19-15-4-1-3-11(15)14-5-2-8-18-14/h6-7,9,11,14-15,18-19H,1-5,8H2. The summed E-state index contributed by atoms with van der Waals surface area (Å²) in [6, 6.07) is 6.08. The molecule has 3 unspecified atom stereocenters. The number of halogens is 2. The predicted molar refractivity (Wildman–Crippen MR) is 77.2 cm³/mol. The molecule has 104 valence electrons. The molecular formula is C15H20ClFN2. The number of rotatable bonds is 3. The van der Waals surface area contributed by atoms with E-state index in [1.165, 1.54) is 38.2 Å². The Labute approximate surface area is 118 Å². The Hall–Kier alpha value is -0.800. The van der Waals surface area contributed by atoms with Gasteiger partial charge in [-0.25, -0.2) is 4.39 Å². The Morgan fingerprint density at radius 3 is 2.84 bits per heavy atom. The minimum absolute atomic E-state index is 0.186. The molecule has 0 aromatic heterocycles. The summed E-state index contributed by atoms with van der Waals surface area (Å²) in [6.45, 7) is 1.14. The molecule has 2 aliphatic rings. The summed E-state index contributed by atoms with van der Waals surface area (Å²) in [6.07, 6.45) is 6.26. The summed E-state index contributed by atoms with van der Waals surface area (Å²) in [5.41, 5.74) is 0.844. The Morgan fingerprint density at radius 1 is 1.21 bits per heavy atom. The zero-order chi connectivity index (χ0) is 13.2. The molecule has 0 spiro atoms. The van der Waals surface area contributed by atoms with E-state index in [4.69, 9.17) is 11.6 Å². The third-order valence-corrected chi connectivity index (χ3v) is 4.76. The smallest absolute Gasteiger partial charge is 0.143 e. The monoisotopic (exact) mass is 282 g/mol. The topological polar surface area (TPSA) is 24.1 Å². The van der Waals surface area contributed by atoms with Gasteiger partial charge in [-0.3, -0.25) is 0 Å². The molecule has 2 fully saturated rings. The third kappa shape index (κ3) is 2.87. The van der Waals surface area contributed by atoms with Crippen LogP contribution in [0.1, 0.15) is 32.1 Å². The molecule has 1 aliphatic carbocycles. The van der Waals surface area contributed by atoms with Gasteiger partial charge in [0.25, 0.3) is 0 Å². The lowest BCUT2D eigenvalue weighted by Gasteiger charge is -2.27. The van der Waals surface area contributed by atoms with Gasteiger partial charge in [0.1, 0.15) is 5.82 Å². The summed E-state index contributed by atoms with van der Waals surface area (Å²) in [4.78, 5) is 0. The van der Waals surface area contributed by atoms with Gasteiger partial charge in [0.05, 0.1) is 5.02 Å². The van der Waals surface area contributed by atoms with Gasteiger partial charge in [0.2, 0.25) is 0 Å². The number of benzene rings is 1. The summed E-state index contributed by atoms with van der Waals surface area (Å²) in [7, 11) is 0. The second-order valence-electron chi connectivity index (χ2n) is 5.68. The van der Waals surface area contributed by atoms with Crippen LogP contribution in [0.25, 0.3) is 0 Å². The van der Waals surface area contributed by atoms with E-state index < -0.39 is 0 Å². The quantitative estimate of drug-likeness (QED) is 0.881. The fourth-order valence-corrected chi connectivity index (χ4v) is 3.64. The zero-order valence-electron chi connectivity index (χ0n) is 11.0. The van der Waals surface area contributed by atoms with Crippen LogP contribution in [0.3, 0.4) is 0 Å². The van der Waals surface area contributed by atoms with Gasteiger partial charge in [-0.1, -0.05) is 18.0 Å². The van der Waals surface area contributed by atoms with Crippen molar-refractivity contribution < 1.29 is 4.39 Å². The van der Waals surface area contributed by atoms with Gasteiger partial charge in [0, 0.05) is 17.8 Å². The van der Waals surface area contributed by atoms with Crippen LogP contribution in [-0.4, -0.2) is 18.6 Å². The second-order valence-corrected chi connectivity index (χ2v) is 6.08. The predicted octanol–water partition coefficient (Wildman–Crippen LogP) is 3.81. The van der Waals surface area contributed by atoms with Crippen molar-refractivity contribution in [2.24, 2.45) is 5.92 Å². The maximum absolute atomic E-state index is 13.5. The van der Waals surface area contributed by atoms with Crippen LogP contribution in [-0.2, 0) is 0 Å². The molecule has 0 amide bonds. The van der Waals surface area contributed by atoms with Gasteiger partial charge in [0.15, 0.2) is 0 Å². The van der Waals surface area contributed by atoms with Crippen LogP contribution in [0.2, 0.25) is 5.02 Å². The fraction of sp³-hybridized carbons (Fsp3) is 0.600. The molecule has 2 nitrogen and oxygen atoms in total. The first-order valence-electron chi connectivity index (χ1n) is 7.19. The Kier molecular flexibility index (Phi) is 3.94. The molecule has 1 heterocycles. The normalized spacial score (nSPS) is 30.7. The summed E-state index contributed by atoms with van der Waals surface area (Å²) >= 11 is 5.72. The molecule has 3 atom stereocenters. The zero-order valence-corrected chi connectivity index (χ0v) is 11.7. The average Bonchev–Trinajstić information content (AvgIpc) is 3.04.